The third-order valence-electron chi connectivity index (χ3n) is 6.85. The molecule has 3 aromatic heterocycles. The molecule has 5 heterocycles. The number of anilines is 1. The van der Waals surface area contributed by atoms with Gasteiger partial charge in [0.1, 0.15) is 11.5 Å². The molecule has 0 bridgehead atoms. The summed E-state index contributed by atoms with van der Waals surface area (Å²) in [5.74, 6) is 2.69. The minimum atomic E-state index is 0.0773. The first-order valence-electron chi connectivity index (χ1n) is 11.6. The molecule has 0 aromatic carbocycles. The van der Waals surface area contributed by atoms with Crippen LogP contribution in [0.1, 0.15) is 50.1 Å². The molecule has 1 aliphatic carbocycles. The summed E-state index contributed by atoms with van der Waals surface area (Å²) in [6.07, 6.45) is 6.75. The van der Waals surface area contributed by atoms with Crippen molar-refractivity contribution < 1.29 is 4.79 Å². The van der Waals surface area contributed by atoms with Crippen LogP contribution in [0.15, 0.2) is 30.3 Å². The van der Waals surface area contributed by atoms with E-state index in [1.807, 2.05) is 23.1 Å². The number of imidazole rings is 1. The minimum absolute atomic E-state index is 0.0773. The van der Waals surface area contributed by atoms with Gasteiger partial charge in [0.15, 0.2) is 11.5 Å². The first kappa shape index (κ1) is 18.8. The Bertz CT molecular complexity index is 1110. The number of pyridine rings is 2. The van der Waals surface area contributed by atoms with Gasteiger partial charge in [-0.25, -0.2) is 15.0 Å². The van der Waals surface area contributed by atoms with Gasteiger partial charge in [-0.2, -0.15) is 0 Å². The number of aromatic nitrogens is 4. The van der Waals surface area contributed by atoms with Crippen LogP contribution in [0.3, 0.4) is 0 Å². The number of aromatic amines is 1. The molecule has 1 saturated carbocycles. The Morgan fingerprint density at radius 2 is 1.81 bits per heavy atom. The lowest BCUT2D eigenvalue weighted by atomic mass is 9.96. The normalized spacial score (nSPS) is 21.7. The van der Waals surface area contributed by atoms with Crippen molar-refractivity contribution in [2.24, 2.45) is 5.92 Å². The standard InChI is InChI=1S/C24H28N6O/c31-24(29-12-1-2-13-29)17-5-4-14-30(15-17)21-11-10-20-23(27-21)28-22(26-20)19-7-3-6-18(25-19)16-8-9-16/h3,6-7,10-11,16-17H,1-2,4-5,8-9,12-15H2,(H,26,27,28). The maximum Gasteiger partial charge on any atom is 0.227 e. The predicted octanol–water partition coefficient (Wildman–Crippen LogP) is 3.74. The van der Waals surface area contributed by atoms with Crippen LogP contribution in [0.25, 0.3) is 22.7 Å². The SMILES string of the molecule is O=C(C1CCCN(c2ccc3[nH]c(-c4cccc(C5CC5)n4)nc3n2)C1)N1CCCC1. The van der Waals surface area contributed by atoms with Gasteiger partial charge in [0.2, 0.25) is 5.91 Å². The second-order valence-electron chi connectivity index (χ2n) is 9.17. The van der Waals surface area contributed by atoms with Gasteiger partial charge in [0.05, 0.1) is 11.4 Å². The summed E-state index contributed by atoms with van der Waals surface area (Å²) in [7, 11) is 0. The van der Waals surface area contributed by atoms with Gasteiger partial charge in [-0.3, -0.25) is 4.79 Å². The number of nitrogens with zero attached hydrogens (tertiary/aromatic N) is 5. The van der Waals surface area contributed by atoms with E-state index in [-0.39, 0.29) is 5.92 Å². The molecule has 3 aliphatic rings. The fourth-order valence-electron chi connectivity index (χ4n) is 4.95. The zero-order valence-corrected chi connectivity index (χ0v) is 17.8. The number of rotatable bonds is 4. The van der Waals surface area contributed by atoms with E-state index in [0.29, 0.717) is 17.5 Å². The highest BCUT2D eigenvalue weighted by Gasteiger charge is 2.31. The Hall–Kier alpha value is -2.96. The number of H-pyrrole nitrogens is 1. The molecule has 3 aromatic rings. The number of fused-ring (bicyclic) bond motifs is 1. The molecule has 0 radical (unpaired) electrons. The van der Waals surface area contributed by atoms with Crippen LogP contribution in [-0.4, -0.2) is 56.9 Å². The highest BCUT2D eigenvalue weighted by atomic mass is 16.2. The first-order valence-corrected chi connectivity index (χ1v) is 11.6. The van der Waals surface area contributed by atoms with Gasteiger partial charge in [0.25, 0.3) is 0 Å². The van der Waals surface area contributed by atoms with Crippen molar-refractivity contribution in [3.63, 3.8) is 0 Å². The van der Waals surface area contributed by atoms with Gasteiger partial charge in [-0.1, -0.05) is 6.07 Å². The van der Waals surface area contributed by atoms with Crippen LogP contribution in [-0.2, 0) is 4.79 Å². The van der Waals surface area contributed by atoms with Crippen molar-refractivity contribution >= 4 is 22.9 Å². The highest BCUT2D eigenvalue weighted by Crippen LogP contribution is 2.39. The summed E-state index contributed by atoms with van der Waals surface area (Å²) in [6.45, 7) is 3.53. The average Bonchev–Trinajstić information content (AvgIpc) is 3.35. The van der Waals surface area contributed by atoms with Gasteiger partial charge in [0, 0.05) is 37.8 Å². The van der Waals surface area contributed by atoms with E-state index < -0.39 is 0 Å². The van der Waals surface area contributed by atoms with E-state index in [2.05, 4.69) is 22.0 Å². The smallest absolute Gasteiger partial charge is 0.227 e. The van der Waals surface area contributed by atoms with Gasteiger partial charge in [-0.15, -0.1) is 0 Å². The van der Waals surface area contributed by atoms with Crippen molar-refractivity contribution in [3.8, 4) is 11.5 Å². The highest BCUT2D eigenvalue weighted by molar-refractivity contribution is 5.80. The van der Waals surface area contributed by atoms with E-state index in [0.717, 1.165) is 80.4 Å². The molecule has 0 spiro atoms. The second-order valence-corrected chi connectivity index (χ2v) is 9.17. The Morgan fingerprint density at radius 3 is 2.65 bits per heavy atom. The molecule has 1 unspecified atom stereocenters. The maximum atomic E-state index is 12.9. The van der Waals surface area contributed by atoms with Gasteiger partial charge < -0.3 is 14.8 Å². The molecule has 7 nitrogen and oxygen atoms in total. The topological polar surface area (TPSA) is 78.0 Å². The lowest BCUT2D eigenvalue weighted by Gasteiger charge is -2.34. The number of piperidine rings is 1. The van der Waals surface area contributed by atoms with Crippen LogP contribution in [0.4, 0.5) is 5.82 Å². The van der Waals surface area contributed by atoms with Crippen molar-refractivity contribution in [2.45, 2.75) is 44.4 Å². The summed E-state index contributed by atoms with van der Waals surface area (Å²) in [5.41, 5.74) is 3.66. The summed E-state index contributed by atoms with van der Waals surface area (Å²) in [4.78, 5) is 35.0. The number of amides is 1. The molecule has 7 heteroatoms. The Balaban J connectivity index is 1.23. The fourth-order valence-corrected chi connectivity index (χ4v) is 4.95. The molecular weight excluding hydrogens is 388 g/mol. The van der Waals surface area contributed by atoms with Crippen LogP contribution in [0.2, 0.25) is 0 Å². The quantitative estimate of drug-likeness (QED) is 0.701. The molecule has 1 N–H and O–H groups in total. The van der Waals surface area contributed by atoms with Crippen LogP contribution >= 0.6 is 0 Å². The molecule has 1 amide bonds. The monoisotopic (exact) mass is 416 g/mol. The minimum Gasteiger partial charge on any atom is -0.356 e. The van der Waals surface area contributed by atoms with E-state index in [9.17, 15) is 4.79 Å². The molecule has 2 saturated heterocycles. The Kier molecular flexibility index (Phi) is 4.62. The third-order valence-corrected chi connectivity index (χ3v) is 6.85. The summed E-state index contributed by atoms with van der Waals surface area (Å²) < 4.78 is 0. The zero-order valence-electron chi connectivity index (χ0n) is 17.8. The molecule has 3 fully saturated rings. The molecule has 160 valence electrons. The molecule has 31 heavy (non-hydrogen) atoms. The van der Waals surface area contributed by atoms with E-state index in [1.54, 1.807) is 0 Å². The zero-order chi connectivity index (χ0) is 20.8. The lowest BCUT2D eigenvalue weighted by Crippen LogP contribution is -2.44. The number of hydrogen-bond donors (Lipinski definition) is 1. The van der Waals surface area contributed by atoms with Crippen molar-refractivity contribution in [2.75, 3.05) is 31.1 Å². The van der Waals surface area contributed by atoms with Gasteiger partial charge >= 0.3 is 0 Å². The largest absolute Gasteiger partial charge is 0.356 e. The van der Waals surface area contributed by atoms with Crippen molar-refractivity contribution in [1.82, 2.24) is 24.8 Å². The number of carbonyl (C=O) groups excluding carboxylic acids is 1. The first-order chi connectivity index (χ1) is 15.2. The number of carbonyl (C=O) groups is 1. The Labute approximate surface area is 181 Å². The lowest BCUT2D eigenvalue weighted by molar-refractivity contribution is -0.134. The summed E-state index contributed by atoms with van der Waals surface area (Å²) in [5, 5.41) is 0. The number of hydrogen-bond acceptors (Lipinski definition) is 5. The van der Waals surface area contributed by atoms with E-state index in [1.165, 1.54) is 12.8 Å². The van der Waals surface area contributed by atoms with Gasteiger partial charge in [-0.05, 0) is 62.8 Å². The third kappa shape index (κ3) is 3.66. The number of likely N-dealkylation sites (tertiary alicyclic amines) is 1. The fraction of sp³-hybridized carbons (Fsp3) is 0.500. The van der Waals surface area contributed by atoms with Crippen LogP contribution in [0.5, 0.6) is 0 Å². The number of nitrogens with one attached hydrogen (secondary N) is 1. The van der Waals surface area contributed by atoms with Crippen molar-refractivity contribution in [1.29, 1.82) is 0 Å². The summed E-state index contributed by atoms with van der Waals surface area (Å²) >= 11 is 0. The molecule has 1 atom stereocenters. The van der Waals surface area contributed by atoms with Crippen LogP contribution in [0, 0.1) is 5.92 Å². The maximum absolute atomic E-state index is 12.9. The second kappa shape index (κ2) is 7.62. The molecular formula is C24H28N6O. The summed E-state index contributed by atoms with van der Waals surface area (Å²) in [6, 6.07) is 10.3. The molecule has 2 aliphatic heterocycles. The van der Waals surface area contributed by atoms with E-state index >= 15 is 0 Å². The van der Waals surface area contributed by atoms with Crippen molar-refractivity contribution in [3.05, 3.63) is 36.0 Å². The van der Waals surface area contributed by atoms with E-state index in [4.69, 9.17) is 15.0 Å². The Morgan fingerprint density at radius 1 is 0.935 bits per heavy atom. The predicted molar refractivity (Wildman–Crippen MR) is 120 cm³/mol. The average molecular weight is 417 g/mol. The van der Waals surface area contributed by atoms with Crippen LogP contribution < -0.4 is 4.90 Å². The molecule has 6 rings (SSSR count).